The van der Waals surface area contributed by atoms with Gasteiger partial charge in [0.2, 0.25) is 11.9 Å². The van der Waals surface area contributed by atoms with Gasteiger partial charge in [0.05, 0.1) is 4.47 Å². The van der Waals surface area contributed by atoms with Crippen LogP contribution >= 0.6 is 15.9 Å². The molecule has 134 valence electrons. The fraction of sp³-hybridized carbons (Fsp3) is 0.167. The van der Waals surface area contributed by atoms with Crippen molar-refractivity contribution in [1.29, 1.82) is 0 Å². The average molecular weight is 415 g/mol. The number of primary amides is 1. The van der Waals surface area contributed by atoms with Crippen LogP contribution in [0.3, 0.4) is 0 Å². The van der Waals surface area contributed by atoms with Gasteiger partial charge in [-0.25, -0.2) is 4.98 Å². The SMILES string of the molecule is C=C(/C=C(\N)Nc1nc(Nc2ccc(C(N)=O)cc2)ncc1Br)C1CC1. The molecule has 1 fully saturated rings. The Balaban J connectivity index is 1.72. The van der Waals surface area contributed by atoms with Crippen molar-refractivity contribution in [1.82, 2.24) is 9.97 Å². The van der Waals surface area contributed by atoms with Gasteiger partial charge < -0.3 is 22.1 Å². The first-order chi connectivity index (χ1) is 12.4. The number of allylic oxidation sites excluding steroid dienone is 2. The van der Waals surface area contributed by atoms with Gasteiger partial charge >= 0.3 is 0 Å². The number of nitrogens with one attached hydrogen (secondary N) is 2. The van der Waals surface area contributed by atoms with E-state index in [0.29, 0.717) is 33.5 Å². The Hall–Kier alpha value is -2.87. The molecule has 0 unspecified atom stereocenters. The second kappa shape index (κ2) is 7.57. The Kier molecular flexibility index (Phi) is 5.22. The minimum absolute atomic E-state index is 0.386. The van der Waals surface area contributed by atoms with E-state index in [1.807, 2.05) is 6.08 Å². The lowest BCUT2D eigenvalue weighted by Crippen LogP contribution is -2.12. The van der Waals surface area contributed by atoms with Crippen LogP contribution in [-0.2, 0) is 0 Å². The number of rotatable bonds is 7. The van der Waals surface area contributed by atoms with Crippen molar-refractivity contribution in [2.24, 2.45) is 17.4 Å². The van der Waals surface area contributed by atoms with Gasteiger partial charge in [-0.3, -0.25) is 4.79 Å². The topological polar surface area (TPSA) is 119 Å². The Bertz CT molecular complexity index is 874. The molecule has 26 heavy (non-hydrogen) atoms. The molecule has 1 heterocycles. The van der Waals surface area contributed by atoms with E-state index in [1.165, 1.54) is 12.8 Å². The lowest BCUT2D eigenvalue weighted by molar-refractivity contribution is 0.100. The smallest absolute Gasteiger partial charge is 0.248 e. The van der Waals surface area contributed by atoms with E-state index in [9.17, 15) is 4.79 Å². The van der Waals surface area contributed by atoms with Crippen molar-refractivity contribution in [3.8, 4) is 0 Å². The lowest BCUT2D eigenvalue weighted by Gasteiger charge is -2.11. The molecule has 8 heteroatoms. The normalized spacial score (nSPS) is 14.0. The van der Waals surface area contributed by atoms with Gasteiger partial charge in [0.25, 0.3) is 0 Å². The highest BCUT2D eigenvalue weighted by Gasteiger charge is 2.23. The number of nitrogens with two attached hydrogens (primary N) is 2. The summed E-state index contributed by atoms with van der Waals surface area (Å²) in [6, 6.07) is 6.72. The third-order valence-corrected chi connectivity index (χ3v) is 4.46. The number of aromatic nitrogens is 2. The van der Waals surface area contributed by atoms with E-state index in [0.717, 1.165) is 11.3 Å². The predicted octanol–water partition coefficient (Wildman–Crippen LogP) is 3.26. The van der Waals surface area contributed by atoms with Crippen LogP contribution in [0.1, 0.15) is 23.2 Å². The number of carbonyl (C=O) groups excluding carboxylic acids is 1. The first-order valence-corrected chi connectivity index (χ1v) is 8.84. The second-order valence-electron chi connectivity index (χ2n) is 6.03. The highest BCUT2D eigenvalue weighted by atomic mass is 79.9. The number of nitrogens with zero attached hydrogens (tertiary/aromatic N) is 2. The van der Waals surface area contributed by atoms with E-state index >= 15 is 0 Å². The molecule has 7 nitrogen and oxygen atoms in total. The maximum atomic E-state index is 11.1. The van der Waals surface area contributed by atoms with E-state index in [2.05, 4.69) is 43.1 Å². The monoisotopic (exact) mass is 414 g/mol. The summed E-state index contributed by atoms with van der Waals surface area (Å²) in [6.07, 6.45) is 5.80. The molecule has 0 spiro atoms. The van der Waals surface area contributed by atoms with Crippen molar-refractivity contribution in [3.05, 3.63) is 64.5 Å². The zero-order valence-electron chi connectivity index (χ0n) is 14.0. The van der Waals surface area contributed by atoms with Gasteiger partial charge in [0.15, 0.2) is 5.82 Å². The second-order valence-corrected chi connectivity index (χ2v) is 6.88. The number of amides is 1. The molecule has 1 aliphatic rings. The molecule has 1 aromatic heterocycles. The van der Waals surface area contributed by atoms with Crippen LogP contribution in [0.25, 0.3) is 0 Å². The first-order valence-electron chi connectivity index (χ1n) is 8.05. The standard InChI is InChI=1S/C18H19BrN6O/c1-10(11-2-3-11)8-15(20)24-17-14(19)9-22-18(25-17)23-13-6-4-12(5-7-13)16(21)26/h4-9,11H,1-3,20H2,(H2,21,26)(H2,22,23,24,25)/b15-8+. The minimum atomic E-state index is -0.474. The van der Waals surface area contributed by atoms with Crippen molar-refractivity contribution in [2.45, 2.75) is 12.8 Å². The van der Waals surface area contributed by atoms with E-state index in [1.54, 1.807) is 30.5 Å². The number of hydrogen-bond donors (Lipinski definition) is 4. The maximum absolute atomic E-state index is 11.1. The fourth-order valence-corrected chi connectivity index (χ4v) is 2.60. The van der Waals surface area contributed by atoms with E-state index < -0.39 is 5.91 Å². The summed E-state index contributed by atoms with van der Waals surface area (Å²) in [5.74, 6) is 1.46. The van der Waals surface area contributed by atoms with Crippen LogP contribution in [0.2, 0.25) is 0 Å². The number of hydrogen-bond acceptors (Lipinski definition) is 6. The summed E-state index contributed by atoms with van der Waals surface area (Å²) in [4.78, 5) is 19.7. The Morgan fingerprint density at radius 3 is 2.58 bits per heavy atom. The number of anilines is 3. The number of benzene rings is 1. The van der Waals surface area contributed by atoms with Crippen LogP contribution in [0, 0.1) is 5.92 Å². The van der Waals surface area contributed by atoms with Gasteiger partial charge in [-0.05, 0) is 70.6 Å². The van der Waals surface area contributed by atoms with Crippen LogP contribution in [0.4, 0.5) is 17.5 Å². The summed E-state index contributed by atoms with van der Waals surface area (Å²) in [6.45, 7) is 4.03. The number of halogens is 1. The summed E-state index contributed by atoms with van der Waals surface area (Å²) in [7, 11) is 0. The molecular weight excluding hydrogens is 396 g/mol. The molecule has 3 rings (SSSR count). The molecule has 1 amide bonds. The highest BCUT2D eigenvalue weighted by Crippen LogP contribution is 2.36. The highest BCUT2D eigenvalue weighted by molar-refractivity contribution is 9.10. The molecule has 1 aromatic carbocycles. The van der Waals surface area contributed by atoms with Crippen molar-refractivity contribution >= 4 is 39.3 Å². The molecule has 0 saturated heterocycles. The van der Waals surface area contributed by atoms with E-state index in [4.69, 9.17) is 11.5 Å². The van der Waals surface area contributed by atoms with Crippen LogP contribution < -0.4 is 22.1 Å². The van der Waals surface area contributed by atoms with Gasteiger partial charge in [-0.2, -0.15) is 4.98 Å². The van der Waals surface area contributed by atoms with Crippen LogP contribution in [0.15, 0.2) is 59.0 Å². The third kappa shape index (κ3) is 4.60. The van der Waals surface area contributed by atoms with Crippen molar-refractivity contribution in [2.75, 3.05) is 10.6 Å². The van der Waals surface area contributed by atoms with Crippen molar-refractivity contribution < 1.29 is 4.79 Å². The van der Waals surface area contributed by atoms with Crippen LogP contribution in [-0.4, -0.2) is 15.9 Å². The van der Waals surface area contributed by atoms with Crippen LogP contribution in [0.5, 0.6) is 0 Å². The lowest BCUT2D eigenvalue weighted by atomic mass is 10.2. The zero-order valence-corrected chi connectivity index (χ0v) is 15.6. The molecule has 2 aromatic rings. The summed E-state index contributed by atoms with van der Waals surface area (Å²) >= 11 is 3.41. The van der Waals surface area contributed by atoms with Crippen molar-refractivity contribution in [3.63, 3.8) is 0 Å². The van der Waals surface area contributed by atoms with Gasteiger partial charge in [-0.1, -0.05) is 6.58 Å². The molecule has 6 N–H and O–H groups in total. The molecule has 0 atom stereocenters. The zero-order chi connectivity index (χ0) is 18.7. The molecule has 1 aliphatic carbocycles. The fourth-order valence-electron chi connectivity index (χ4n) is 2.31. The minimum Gasteiger partial charge on any atom is -0.385 e. The third-order valence-electron chi connectivity index (χ3n) is 3.88. The summed E-state index contributed by atoms with van der Waals surface area (Å²) in [5, 5.41) is 6.12. The first kappa shape index (κ1) is 17.9. The summed E-state index contributed by atoms with van der Waals surface area (Å²) < 4.78 is 0.681. The Morgan fingerprint density at radius 2 is 1.96 bits per heavy atom. The van der Waals surface area contributed by atoms with E-state index in [-0.39, 0.29) is 0 Å². The number of carbonyl (C=O) groups is 1. The Morgan fingerprint density at radius 1 is 1.27 bits per heavy atom. The average Bonchev–Trinajstić information content (AvgIpc) is 3.43. The quantitative estimate of drug-likeness (QED) is 0.516. The molecular formula is C18H19BrN6O. The van der Waals surface area contributed by atoms with Gasteiger partial charge in [0, 0.05) is 17.4 Å². The largest absolute Gasteiger partial charge is 0.385 e. The van der Waals surface area contributed by atoms with Gasteiger partial charge in [0.1, 0.15) is 5.82 Å². The molecule has 0 radical (unpaired) electrons. The predicted molar refractivity (Wildman–Crippen MR) is 106 cm³/mol. The Labute approximate surface area is 159 Å². The maximum Gasteiger partial charge on any atom is 0.248 e. The molecule has 1 saturated carbocycles. The molecule has 0 bridgehead atoms. The van der Waals surface area contributed by atoms with Gasteiger partial charge in [-0.15, -0.1) is 0 Å². The molecule has 0 aliphatic heterocycles. The summed E-state index contributed by atoms with van der Waals surface area (Å²) in [5.41, 5.74) is 13.5.